The van der Waals surface area contributed by atoms with Gasteiger partial charge >= 0.3 is 0 Å². The highest BCUT2D eigenvalue weighted by Gasteiger charge is 2.11. The molecule has 112 valence electrons. The topological polar surface area (TPSA) is 41.5 Å². The second-order valence-electron chi connectivity index (χ2n) is 4.98. The molecule has 1 unspecified atom stereocenters. The van der Waals surface area contributed by atoms with Gasteiger partial charge in [0.15, 0.2) is 0 Å². The van der Waals surface area contributed by atoms with Crippen molar-refractivity contribution in [3.63, 3.8) is 0 Å². The van der Waals surface area contributed by atoms with E-state index in [9.17, 15) is 5.11 Å². The van der Waals surface area contributed by atoms with Gasteiger partial charge in [0.25, 0.3) is 0 Å². The maximum absolute atomic E-state index is 10.2. The monoisotopic (exact) mass is 305 g/mol. The Balaban J connectivity index is 1.95. The van der Waals surface area contributed by atoms with Gasteiger partial charge in [-0.3, -0.25) is 0 Å². The molecule has 21 heavy (non-hydrogen) atoms. The number of hydrogen-bond acceptors (Lipinski definition) is 3. The quantitative estimate of drug-likeness (QED) is 0.854. The lowest BCUT2D eigenvalue weighted by atomic mass is 10.1. The zero-order valence-corrected chi connectivity index (χ0v) is 13.0. The Kier molecular flexibility index (Phi) is 5.62. The lowest BCUT2D eigenvalue weighted by Crippen LogP contribution is -2.24. The number of aliphatic hydroxyl groups excluding tert-OH is 1. The van der Waals surface area contributed by atoms with E-state index in [1.807, 2.05) is 55.5 Å². The van der Waals surface area contributed by atoms with Crippen LogP contribution in [0.4, 0.5) is 0 Å². The molecule has 3 nitrogen and oxygen atoms in total. The molecule has 2 N–H and O–H groups in total. The zero-order valence-electron chi connectivity index (χ0n) is 12.2. The molecular formula is C17H20ClNO2. The largest absolute Gasteiger partial charge is 0.497 e. The molecule has 2 aromatic carbocycles. The van der Waals surface area contributed by atoms with E-state index in [-0.39, 0.29) is 6.04 Å². The second kappa shape index (κ2) is 7.46. The van der Waals surface area contributed by atoms with Crippen molar-refractivity contribution in [2.24, 2.45) is 0 Å². The normalized spacial score (nSPS) is 13.7. The average molecular weight is 306 g/mol. The molecule has 0 bridgehead atoms. The smallest absolute Gasteiger partial charge is 0.119 e. The van der Waals surface area contributed by atoms with Gasteiger partial charge in [0.1, 0.15) is 5.75 Å². The number of rotatable bonds is 6. The number of methoxy groups -OCH3 is 1. The average Bonchev–Trinajstić information content (AvgIpc) is 2.52. The second-order valence-corrected chi connectivity index (χ2v) is 5.41. The molecule has 2 rings (SSSR count). The van der Waals surface area contributed by atoms with E-state index in [1.54, 1.807) is 7.11 Å². The van der Waals surface area contributed by atoms with Crippen LogP contribution in [0.5, 0.6) is 5.75 Å². The number of aliphatic hydroxyl groups is 1. The molecular weight excluding hydrogens is 286 g/mol. The van der Waals surface area contributed by atoms with E-state index < -0.39 is 6.10 Å². The molecule has 0 saturated carbocycles. The number of halogens is 1. The van der Waals surface area contributed by atoms with E-state index in [2.05, 4.69) is 5.32 Å². The van der Waals surface area contributed by atoms with Crippen molar-refractivity contribution in [3.05, 3.63) is 64.7 Å². The van der Waals surface area contributed by atoms with Crippen LogP contribution in [-0.4, -0.2) is 18.8 Å². The highest BCUT2D eigenvalue weighted by molar-refractivity contribution is 6.30. The molecule has 0 saturated heterocycles. The maximum atomic E-state index is 10.2. The Morgan fingerprint density at radius 2 is 1.86 bits per heavy atom. The van der Waals surface area contributed by atoms with Crippen LogP contribution >= 0.6 is 11.6 Å². The molecule has 0 amide bonds. The van der Waals surface area contributed by atoms with Gasteiger partial charge in [-0.1, -0.05) is 35.9 Å². The molecule has 0 spiro atoms. The molecule has 2 aromatic rings. The van der Waals surface area contributed by atoms with Gasteiger partial charge in [-0.2, -0.15) is 0 Å². The van der Waals surface area contributed by atoms with Crippen LogP contribution in [0.1, 0.15) is 30.2 Å². The van der Waals surface area contributed by atoms with Crippen LogP contribution in [0.3, 0.4) is 0 Å². The Morgan fingerprint density at radius 1 is 1.14 bits per heavy atom. The van der Waals surface area contributed by atoms with Crippen molar-refractivity contribution in [2.45, 2.75) is 19.1 Å². The van der Waals surface area contributed by atoms with Crippen molar-refractivity contribution < 1.29 is 9.84 Å². The van der Waals surface area contributed by atoms with Crippen molar-refractivity contribution >= 4 is 11.6 Å². The Morgan fingerprint density at radius 3 is 2.57 bits per heavy atom. The lowest BCUT2D eigenvalue weighted by molar-refractivity contribution is 0.170. The fraction of sp³-hybridized carbons (Fsp3) is 0.294. The third-order valence-electron chi connectivity index (χ3n) is 3.44. The first-order valence-corrected chi connectivity index (χ1v) is 7.29. The van der Waals surface area contributed by atoms with Gasteiger partial charge in [0, 0.05) is 17.6 Å². The minimum Gasteiger partial charge on any atom is -0.497 e. The standard InChI is InChI=1S/C17H20ClNO2/c1-12(13-5-3-7-15(18)9-13)19-11-17(20)14-6-4-8-16(10-14)21-2/h3-10,12,17,19-20H,11H2,1-2H3/t12-,17?/m1/s1. The van der Waals surface area contributed by atoms with Crippen molar-refractivity contribution in [3.8, 4) is 5.75 Å². The molecule has 0 aliphatic heterocycles. The summed E-state index contributed by atoms with van der Waals surface area (Å²) in [6.07, 6.45) is -0.582. The molecule has 0 fully saturated rings. The molecule has 0 aliphatic carbocycles. The van der Waals surface area contributed by atoms with E-state index in [0.29, 0.717) is 6.54 Å². The SMILES string of the molecule is COc1cccc(C(O)CN[C@H](C)c2cccc(Cl)c2)c1. The molecule has 0 aromatic heterocycles. The first-order chi connectivity index (χ1) is 10.1. The molecule has 0 radical (unpaired) electrons. The predicted molar refractivity (Wildman–Crippen MR) is 85.8 cm³/mol. The number of benzene rings is 2. The summed E-state index contributed by atoms with van der Waals surface area (Å²) >= 11 is 5.99. The van der Waals surface area contributed by atoms with Crippen LogP contribution in [0, 0.1) is 0 Å². The third-order valence-corrected chi connectivity index (χ3v) is 3.68. The minimum atomic E-state index is -0.582. The van der Waals surface area contributed by atoms with Gasteiger partial charge in [-0.05, 0) is 42.3 Å². The zero-order chi connectivity index (χ0) is 15.2. The summed E-state index contributed by atoms with van der Waals surface area (Å²) in [4.78, 5) is 0. The van der Waals surface area contributed by atoms with Crippen molar-refractivity contribution in [1.29, 1.82) is 0 Å². The van der Waals surface area contributed by atoms with Crippen LogP contribution in [0.25, 0.3) is 0 Å². The van der Waals surface area contributed by atoms with Crippen LogP contribution in [-0.2, 0) is 0 Å². The van der Waals surface area contributed by atoms with Crippen molar-refractivity contribution in [1.82, 2.24) is 5.32 Å². The Bertz CT molecular complexity index is 589. The summed E-state index contributed by atoms with van der Waals surface area (Å²) < 4.78 is 5.17. The predicted octanol–water partition coefficient (Wildman–Crippen LogP) is 3.73. The molecule has 0 heterocycles. The van der Waals surface area contributed by atoms with E-state index in [4.69, 9.17) is 16.3 Å². The Hall–Kier alpha value is -1.55. The summed E-state index contributed by atoms with van der Waals surface area (Å²) in [6, 6.07) is 15.3. The first-order valence-electron chi connectivity index (χ1n) is 6.91. The van der Waals surface area contributed by atoms with Crippen LogP contribution < -0.4 is 10.1 Å². The van der Waals surface area contributed by atoms with Crippen LogP contribution in [0.2, 0.25) is 5.02 Å². The Labute approximate surface area is 130 Å². The van der Waals surface area contributed by atoms with Crippen LogP contribution in [0.15, 0.2) is 48.5 Å². The highest BCUT2D eigenvalue weighted by Crippen LogP contribution is 2.21. The van der Waals surface area contributed by atoms with E-state index in [0.717, 1.165) is 21.9 Å². The maximum Gasteiger partial charge on any atom is 0.119 e. The highest BCUT2D eigenvalue weighted by atomic mass is 35.5. The fourth-order valence-electron chi connectivity index (χ4n) is 2.15. The third kappa shape index (κ3) is 4.46. The fourth-order valence-corrected chi connectivity index (χ4v) is 2.35. The molecule has 4 heteroatoms. The number of hydrogen-bond donors (Lipinski definition) is 2. The lowest BCUT2D eigenvalue weighted by Gasteiger charge is -2.18. The summed E-state index contributed by atoms with van der Waals surface area (Å²) in [5, 5.41) is 14.3. The summed E-state index contributed by atoms with van der Waals surface area (Å²) in [6.45, 7) is 2.50. The summed E-state index contributed by atoms with van der Waals surface area (Å²) in [7, 11) is 1.62. The minimum absolute atomic E-state index is 0.115. The van der Waals surface area contributed by atoms with Crippen molar-refractivity contribution in [2.75, 3.05) is 13.7 Å². The van der Waals surface area contributed by atoms with Gasteiger partial charge < -0.3 is 15.2 Å². The van der Waals surface area contributed by atoms with Gasteiger partial charge in [-0.15, -0.1) is 0 Å². The number of nitrogens with one attached hydrogen (secondary N) is 1. The molecule has 0 aliphatic rings. The first kappa shape index (κ1) is 15.8. The van der Waals surface area contributed by atoms with E-state index >= 15 is 0 Å². The van der Waals surface area contributed by atoms with E-state index in [1.165, 1.54) is 0 Å². The van der Waals surface area contributed by atoms with Gasteiger partial charge in [0.2, 0.25) is 0 Å². The summed E-state index contributed by atoms with van der Waals surface area (Å²) in [5.74, 6) is 0.745. The molecule has 2 atom stereocenters. The number of ether oxygens (including phenoxy) is 1. The van der Waals surface area contributed by atoms with Gasteiger partial charge in [0.05, 0.1) is 13.2 Å². The summed E-state index contributed by atoms with van der Waals surface area (Å²) in [5.41, 5.74) is 1.93. The van der Waals surface area contributed by atoms with Gasteiger partial charge in [-0.25, -0.2) is 0 Å².